The third-order valence-corrected chi connectivity index (χ3v) is 5.44. The van der Waals surface area contributed by atoms with Gasteiger partial charge in [0.15, 0.2) is 16.6 Å². The minimum Gasteiger partial charge on any atom is -0.493 e. The second kappa shape index (κ2) is 7.21. The molecule has 4 rings (SSSR count). The van der Waals surface area contributed by atoms with Crippen molar-refractivity contribution >= 4 is 38.4 Å². The van der Waals surface area contributed by atoms with E-state index < -0.39 is 12.2 Å². The van der Waals surface area contributed by atoms with Crippen molar-refractivity contribution in [1.29, 1.82) is 0 Å². The zero-order valence-corrected chi connectivity index (χ0v) is 16.9. The summed E-state index contributed by atoms with van der Waals surface area (Å²) in [7, 11) is 3.02. The molecule has 138 valence electrons. The Morgan fingerprint density at radius 2 is 2.07 bits per heavy atom. The highest BCUT2D eigenvalue weighted by Crippen LogP contribution is 2.42. The first-order valence-corrected chi connectivity index (χ1v) is 9.72. The number of methoxy groups -OCH3 is 2. The molecule has 2 aromatic carbocycles. The van der Waals surface area contributed by atoms with E-state index in [0.29, 0.717) is 27.8 Å². The van der Waals surface area contributed by atoms with Crippen molar-refractivity contribution in [2.45, 2.75) is 6.23 Å². The van der Waals surface area contributed by atoms with Crippen LogP contribution in [0.15, 0.2) is 46.3 Å². The number of cyclic esters (lactones) is 1. The highest BCUT2D eigenvalue weighted by Gasteiger charge is 2.36. The molecule has 6 nitrogen and oxygen atoms in total. The standard InChI is InChI=1S/C19H15BrN2O4S/c1-24-14-7-6-12-15(16(14)25-2)18(23)26-17(12)22-19-21-13(9-27-19)10-4-3-5-11(20)8-10/h3-9,17H,1-2H3,(H,21,22)/t17-/m1/s1. The topological polar surface area (TPSA) is 69.7 Å². The summed E-state index contributed by atoms with van der Waals surface area (Å²) in [6.07, 6.45) is -0.631. The molecule has 3 aromatic rings. The molecule has 0 saturated carbocycles. The highest BCUT2D eigenvalue weighted by atomic mass is 79.9. The number of benzene rings is 2. The molecule has 1 aliphatic rings. The smallest absolute Gasteiger partial charge is 0.344 e. The third-order valence-electron chi connectivity index (χ3n) is 4.17. The van der Waals surface area contributed by atoms with Crippen LogP contribution >= 0.6 is 27.3 Å². The minimum absolute atomic E-state index is 0.373. The summed E-state index contributed by atoms with van der Waals surface area (Å²) < 4.78 is 17.1. The molecule has 0 aliphatic carbocycles. The van der Waals surface area contributed by atoms with Gasteiger partial charge in [-0.2, -0.15) is 0 Å². The molecule has 1 N–H and O–H groups in total. The van der Waals surface area contributed by atoms with Crippen LogP contribution in [0.4, 0.5) is 5.13 Å². The molecular weight excluding hydrogens is 432 g/mol. The van der Waals surface area contributed by atoms with Gasteiger partial charge in [-0.1, -0.05) is 28.1 Å². The number of hydrogen-bond donors (Lipinski definition) is 1. The van der Waals surface area contributed by atoms with E-state index in [-0.39, 0.29) is 0 Å². The molecular formula is C19H15BrN2O4S. The first-order chi connectivity index (χ1) is 13.1. The van der Waals surface area contributed by atoms with Crippen molar-refractivity contribution in [3.05, 3.63) is 57.4 Å². The Morgan fingerprint density at radius 1 is 1.22 bits per heavy atom. The Bertz CT molecular complexity index is 1020. The Morgan fingerprint density at radius 3 is 2.81 bits per heavy atom. The number of rotatable bonds is 5. The largest absolute Gasteiger partial charge is 0.493 e. The van der Waals surface area contributed by atoms with Gasteiger partial charge in [0.05, 0.1) is 19.9 Å². The number of esters is 1. The molecule has 0 saturated heterocycles. The van der Waals surface area contributed by atoms with Crippen molar-refractivity contribution < 1.29 is 19.0 Å². The molecule has 27 heavy (non-hydrogen) atoms. The average Bonchev–Trinajstić information content (AvgIpc) is 3.26. The monoisotopic (exact) mass is 446 g/mol. The van der Waals surface area contributed by atoms with E-state index in [2.05, 4.69) is 26.2 Å². The van der Waals surface area contributed by atoms with E-state index in [9.17, 15) is 4.79 Å². The number of carbonyl (C=O) groups is 1. The van der Waals surface area contributed by atoms with Crippen LogP contribution in [0, 0.1) is 0 Å². The number of halogens is 1. The quantitative estimate of drug-likeness (QED) is 0.563. The van der Waals surface area contributed by atoms with Gasteiger partial charge in [0.25, 0.3) is 0 Å². The number of aromatic nitrogens is 1. The summed E-state index contributed by atoms with van der Waals surface area (Å²) in [4.78, 5) is 17.0. The Labute approximate surface area is 168 Å². The van der Waals surface area contributed by atoms with E-state index in [1.165, 1.54) is 25.6 Å². The van der Waals surface area contributed by atoms with Gasteiger partial charge in [-0.25, -0.2) is 9.78 Å². The van der Waals surface area contributed by atoms with E-state index >= 15 is 0 Å². The maximum atomic E-state index is 12.4. The predicted molar refractivity (Wildman–Crippen MR) is 107 cm³/mol. The Kier molecular flexibility index (Phi) is 4.75. The Hall–Kier alpha value is -2.58. The van der Waals surface area contributed by atoms with Crippen molar-refractivity contribution in [3.8, 4) is 22.8 Å². The SMILES string of the molecule is COc1ccc2c(c1OC)C(=O)O[C@H]2Nc1nc(-c2cccc(Br)c2)cs1. The summed E-state index contributed by atoms with van der Waals surface area (Å²) in [6, 6.07) is 11.5. The first kappa shape index (κ1) is 17.8. The molecule has 0 spiro atoms. The van der Waals surface area contributed by atoms with Gasteiger partial charge in [-0.3, -0.25) is 0 Å². The lowest BCUT2D eigenvalue weighted by Gasteiger charge is -2.13. The number of hydrogen-bond acceptors (Lipinski definition) is 7. The Balaban J connectivity index is 1.62. The van der Waals surface area contributed by atoms with E-state index in [4.69, 9.17) is 14.2 Å². The molecule has 0 bridgehead atoms. The summed E-state index contributed by atoms with van der Waals surface area (Å²) in [5.41, 5.74) is 2.92. The molecule has 1 aliphatic heterocycles. The van der Waals surface area contributed by atoms with Crippen LogP contribution in [0.2, 0.25) is 0 Å². The molecule has 8 heteroatoms. The van der Waals surface area contributed by atoms with Crippen LogP contribution < -0.4 is 14.8 Å². The molecule has 1 aromatic heterocycles. The lowest BCUT2D eigenvalue weighted by atomic mass is 10.1. The van der Waals surface area contributed by atoms with Crippen LogP contribution in [-0.4, -0.2) is 25.2 Å². The van der Waals surface area contributed by atoms with Gasteiger partial charge >= 0.3 is 5.97 Å². The molecule has 0 amide bonds. The number of ether oxygens (including phenoxy) is 3. The molecule has 1 atom stereocenters. The molecule has 0 fully saturated rings. The average molecular weight is 447 g/mol. The van der Waals surface area contributed by atoms with Gasteiger partial charge in [-0.05, 0) is 24.3 Å². The zero-order chi connectivity index (χ0) is 19.0. The van der Waals surface area contributed by atoms with Gasteiger partial charge in [0, 0.05) is 21.0 Å². The van der Waals surface area contributed by atoms with E-state index in [1.54, 1.807) is 12.1 Å². The summed E-state index contributed by atoms with van der Waals surface area (Å²) in [6.45, 7) is 0. The molecule has 2 heterocycles. The van der Waals surface area contributed by atoms with E-state index in [1.807, 2.05) is 29.6 Å². The summed E-state index contributed by atoms with van der Waals surface area (Å²) in [5.74, 6) is 0.403. The third kappa shape index (κ3) is 3.26. The van der Waals surface area contributed by atoms with Crippen LogP contribution in [-0.2, 0) is 4.74 Å². The maximum Gasteiger partial charge on any atom is 0.344 e. The molecule has 0 radical (unpaired) electrons. The van der Waals surface area contributed by atoms with Crippen molar-refractivity contribution in [3.63, 3.8) is 0 Å². The van der Waals surface area contributed by atoms with Crippen LogP contribution in [0.3, 0.4) is 0 Å². The minimum atomic E-state index is -0.631. The second-order valence-electron chi connectivity index (χ2n) is 5.74. The van der Waals surface area contributed by atoms with Gasteiger partial charge in [0.1, 0.15) is 5.56 Å². The summed E-state index contributed by atoms with van der Waals surface area (Å²) in [5, 5.41) is 5.79. The lowest BCUT2D eigenvalue weighted by Crippen LogP contribution is -2.10. The number of carbonyl (C=O) groups excluding carboxylic acids is 1. The van der Waals surface area contributed by atoms with Gasteiger partial charge in [-0.15, -0.1) is 11.3 Å². The predicted octanol–water partition coefficient (Wildman–Crippen LogP) is 4.87. The fourth-order valence-electron chi connectivity index (χ4n) is 2.94. The number of fused-ring (bicyclic) bond motifs is 1. The van der Waals surface area contributed by atoms with Crippen molar-refractivity contribution in [2.75, 3.05) is 19.5 Å². The number of thiazole rings is 1. The van der Waals surface area contributed by atoms with Gasteiger partial charge in [0.2, 0.25) is 6.23 Å². The normalized spacial score (nSPS) is 15.2. The number of nitrogens with zero attached hydrogens (tertiary/aromatic N) is 1. The highest BCUT2D eigenvalue weighted by molar-refractivity contribution is 9.10. The fraction of sp³-hybridized carbons (Fsp3) is 0.158. The van der Waals surface area contributed by atoms with Crippen LogP contribution in [0.25, 0.3) is 11.3 Å². The van der Waals surface area contributed by atoms with E-state index in [0.717, 1.165) is 15.7 Å². The molecule has 0 unspecified atom stereocenters. The maximum absolute atomic E-state index is 12.4. The van der Waals surface area contributed by atoms with Crippen LogP contribution in [0.5, 0.6) is 11.5 Å². The number of anilines is 1. The zero-order valence-electron chi connectivity index (χ0n) is 14.5. The van der Waals surface area contributed by atoms with Crippen LogP contribution in [0.1, 0.15) is 22.1 Å². The summed E-state index contributed by atoms with van der Waals surface area (Å²) >= 11 is 4.91. The number of nitrogens with one attached hydrogen (secondary N) is 1. The van der Waals surface area contributed by atoms with Crippen molar-refractivity contribution in [1.82, 2.24) is 4.98 Å². The second-order valence-corrected chi connectivity index (χ2v) is 7.52. The first-order valence-electron chi connectivity index (χ1n) is 8.04. The lowest BCUT2D eigenvalue weighted by molar-refractivity contribution is 0.0435. The van der Waals surface area contributed by atoms with Crippen molar-refractivity contribution in [2.24, 2.45) is 0 Å². The van der Waals surface area contributed by atoms with Gasteiger partial charge < -0.3 is 19.5 Å². The fourth-order valence-corrected chi connectivity index (χ4v) is 4.08.